The molecule has 0 bridgehead atoms. The SMILES string of the molecule is COCC(C)NC(=O)CNC(C)COc1ccc(C)cc1. The molecular weight excluding hydrogens is 268 g/mol. The van der Waals surface area contributed by atoms with Crippen LogP contribution < -0.4 is 15.4 Å². The van der Waals surface area contributed by atoms with Crippen molar-refractivity contribution in [2.45, 2.75) is 32.9 Å². The number of benzene rings is 1. The van der Waals surface area contributed by atoms with Crippen LogP contribution in [0.5, 0.6) is 5.75 Å². The van der Waals surface area contributed by atoms with Crippen LogP contribution in [0.3, 0.4) is 0 Å². The molecule has 1 rings (SSSR count). The van der Waals surface area contributed by atoms with Crippen molar-refractivity contribution in [3.05, 3.63) is 29.8 Å². The summed E-state index contributed by atoms with van der Waals surface area (Å²) in [6.45, 7) is 7.23. The second-order valence-electron chi connectivity index (χ2n) is 5.33. The van der Waals surface area contributed by atoms with Crippen LogP contribution >= 0.6 is 0 Å². The molecule has 0 saturated heterocycles. The van der Waals surface area contributed by atoms with Crippen LogP contribution in [-0.4, -0.2) is 44.9 Å². The van der Waals surface area contributed by atoms with Gasteiger partial charge in [0.1, 0.15) is 12.4 Å². The molecule has 1 amide bonds. The molecule has 1 aromatic carbocycles. The van der Waals surface area contributed by atoms with E-state index in [1.54, 1.807) is 7.11 Å². The molecular formula is C16H26N2O3. The number of aryl methyl sites for hydroxylation is 1. The van der Waals surface area contributed by atoms with Crippen LogP contribution in [0.25, 0.3) is 0 Å². The number of rotatable bonds is 9. The quantitative estimate of drug-likeness (QED) is 0.725. The smallest absolute Gasteiger partial charge is 0.234 e. The molecule has 0 fully saturated rings. The third-order valence-electron chi connectivity index (χ3n) is 2.96. The fraction of sp³-hybridized carbons (Fsp3) is 0.562. The molecule has 118 valence electrons. The number of ether oxygens (including phenoxy) is 2. The van der Waals surface area contributed by atoms with Crippen LogP contribution in [0.2, 0.25) is 0 Å². The molecule has 1 aromatic rings. The number of carbonyl (C=O) groups excluding carboxylic acids is 1. The van der Waals surface area contributed by atoms with Crippen molar-refractivity contribution in [3.63, 3.8) is 0 Å². The van der Waals surface area contributed by atoms with Gasteiger partial charge in [0.2, 0.25) is 5.91 Å². The highest BCUT2D eigenvalue weighted by Gasteiger charge is 2.09. The van der Waals surface area contributed by atoms with Crippen molar-refractivity contribution in [2.75, 3.05) is 26.9 Å². The molecule has 0 heterocycles. The topological polar surface area (TPSA) is 59.6 Å². The highest BCUT2D eigenvalue weighted by atomic mass is 16.5. The van der Waals surface area contributed by atoms with E-state index in [0.717, 1.165) is 5.75 Å². The molecule has 2 N–H and O–H groups in total. The lowest BCUT2D eigenvalue weighted by Crippen LogP contribution is -2.44. The molecule has 0 aromatic heterocycles. The van der Waals surface area contributed by atoms with Crippen LogP contribution in [0.1, 0.15) is 19.4 Å². The molecule has 21 heavy (non-hydrogen) atoms. The van der Waals surface area contributed by atoms with E-state index in [-0.39, 0.29) is 24.5 Å². The lowest BCUT2D eigenvalue weighted by molar-refractivity contribution is -0.121. The standard InChI is InChI=1S/C16H26N2O3/c1-12-5-7-15(8-6-12)21-11-13(2)17-9-16(19)18-14(3)10-20-4/h5-8,13-14,17H,9-11H2,1-4H3,(H,18,19). The van der Waals surface area contributed by atoms with E-state index in [1.165, 1.54) is 5.56 Å². The van der Waals surface area contributed by atoms with E-state index in [4.69, 9.17) is 9.47 Å². The fourth-order valence-electron chi connectivity index (χ4n) is 1.80. The van der Waals surface area contributed by atoms with Gasteiger partial charge in [0, 0.05) is 19.2 Å². The summed E-state index contributed by atoms with van der Waals surface area (Å²) in [5.41, 5.74) is 1.20. The summed E-state index contributed by atoms with van der Waals surface area (Å²) in [5.74, 6) is 0.800. The number of hydrogen-bond donors (Lipinski definition) is 2. The summed E-state index contributed by atoms with van der Waals surface area (Å²) in [5, 5.41) is 5.98. The Hall–Kier alpha value is -1.59. The van der Waals surface area contributed by atoms with Crippen LogP contribution in [0.4, 0.5) is 0 Å². The van der Waals surface area contributed by atoms with Gasteiger partial charge in [0.15, 0.2) is 0 Å². The van der Waals surface area contributed by atoms with Crippen LogP contribution in [0.15, 0.2) is 24.3 Å². The third-order valence-corrected chi connectivity index (χ3v) is 2.96. The summed E-state index contributed by atoms with van der Waals surface area (Å²) in [6, 6.07) is 8.02. The minimum absolute atomic E-state index is 0.0171. The first-order chi connectivity index (χ1) is 10.0. The average molecular weight is 294 g/mol. The Balaban J connectivity index is 2.20. The van der Waals surface area contributed by atoms with Crippen molar-refractivity contribution in [3.8, 4) is 5.75 Å². The summed E-state index contributed by atoms with van der Waals surface area (Å²) >= 11 is 0. The third kappa shape index (κ3) is 7.68. The lowest BCUT2D eigenvalue weighted by atomic mass is 10.2. The van der Waals surface area contributed by atoms with Crippen molar-refractivity contribution < 1.29 is 14.3 Å². The fourth-order valence-corrected chi connectivity index (χ4v) is 1.80. The van der Waals surface area contributed by atoms with Gasteiger partial charge in [0.05, 0.1) is 13.2 Å². The number of hydrogen-bond acceptors (Lipinski definition) is 4. The Labute approximate surface area is 127 Å². The van der Waals surface area contributed by atoms with Gasteiger partial charge in [-0.3, -0.25) is 4.79 Å². The zero-order valence-electron chi connectivity index (χ0n) is 13.3. The maximum absolute atomic E-state index is 11.7. The Kier molecular flexibility index (Phi) is 7.79. The van der Waals surface area contributed by atoms with Gasteiger partial charge in [-0.2, -0.15) is 0 Å². The highest BCUT2D eigenvalue weighted by Crippen LogP contribution is 2.11. The molecule has 2 atom stereocenters. The number of amides is 1. The van der Waals surface area contributed by atoms with Gasteiger partial charge >= 0.3 is 0 Å². The number of methoxy groups -OCH3 is 1. The molecule has 0 radical (unpaired) electrons. The molecule has 0 aliphatic heterocycles. The largest absolute Gasteiger partial charge is 0.492 e. The summed E-state index contributed by atoms with van der Waals surface area (Å²) in [6.07, 6.45) is 0. The lowest BCUT2D eigenvalue weighted by Gasteiger charge is -2.17. The summed E-state index contributed by atoms with van der Waals surface area (Å²) < 4.78 is 10.6. The van der Waals surface area contributed by atoms with Crippen molar-refractivity contribution >= 4 is 5.91 Å². The van der Waals surface area contributed by atoms with E-state index in [9.17, 15) is 4.79 Å². The van der Waals surface area contributed by atoms with Crippen LogP contribution in [0, 0.1) is 6.92 Å². The Bertz CT molecular complexity index is 420. The maximum Gasteiger partial charge on any atom is 0.234 e. The molecule has 5 nitrogen and oxygen atoms in total. The summed E-state index contributed by atoms with van der Waals surface area (Å²) in [7, 11) is 1.62. The first kappa shape index (κ1) is 17.5. The van der Waals surface area contributed by atoms with Gasteiger partial charge in [-0.05, 0) is 32.9 Å². The molecule has 0 aliphatic rings. The van der Waals surface area contributed by atoms with Gasteiger partial charge in [0.25, 0.3) is 0 Å². The van der Waals surface area contributed by atoms with Gasteiger partial charge < -0.3 is 20.1 Å². The average Bonchev–Trinajstić information content (AvgIpc) is 2.44. The number of carbonyl (C=O) groups is 1. The Morgan fingerprint density at radius 2 is 1.81 bits per heavy atom. The summed E-state index contributed by atoms with van der Waals surface area (Å²) in [4.78, 5) is 11.7. The van der Waals surface area contributed by atoms with Crippen molar-refractivity contribution in [1.29, 1.82) is 0 Å². The Morgan fingerprint density at radius 1 is 1.14 bits per heavy atom. The zero-order valence-corrected chi connectivity index (χ0v) is 13.3. The van der Waals surface area contributed by atoms with Crippen molar-refractivity contribution in [1.82, 2.24) is 10.6 Å². The molecule has 5 heteroatoms. The second-order valence-corrected chi connectivity index (χ2v) is 5.33. The molecule has 0 saturated carbocycles. The predicted octanol–water partition coefficient (Wildman–Crippen LogP) is 1.50. The molecule has 0 aliphatic carbocycles. The van der Waals surface area contributed by atoms with Crippen LogP contribution in [-0.2, 0) is 9.53 Å². The van der Waals surface area contributed by atoms with Gasteiger partial charge in [-0.1, -0.05) is 17.7 Å². The number of nitrogens with one attached hydrogen (secondary N) is 2. The zero-order chi connectivity index (χ0) is 15.7. The minimum Gasteiger partial charge on any atom is -0.492 e. The first-order valence-electron chi connectivity index (χ1n) is 7.22. The monoisotopic (exact) mass is 294 g/mol. The second kappa shape index (κ2) is 9.37. The van der Waals surface area contributed by atoms with Gasteiger partial charge in [-0.25, -0.2) is 0 Å². The van der Waals surface area contributed by atoms with E-state index in [1.807, 2.05) is 45.0 Å². The van der Waals surface area contributed by atoms with Gasteiger partial charge in [-0.15, -0.1) is 0 Å². The predicted molar refractivity (Wildman–Crippen MR) is 83.6 cm³/mol. The minimum atomic E-state index is -0.0401. The molecule has 0 spiro atoms. The normalized spacial score (nSPS) is 13.5. The Morgan fingerprint density at radius 3 is 2.43 bits per heavy atom. The maximum atomic E-state index is 11.7. The van der Waals surface area contributed by atoms with Crippen molar-refractivity contribution in [2.24, 2.45) is 0 Å². The van der Waals surface area contributed by atoms with E-state index in [0.29, 0.717) is 13.2 Å². The molecule has 2 unspecified atom stereocenters. The first-order valence-corrected chi connectivity index (χ1v) is 7.22. The van der Waals surface area contributed by atoms with E-state index in [2.05, 4.69) is 10.6 Å². The van der Waals surface area contributed by atoms with E-state index < -0.39 is 0 Å². The highest BCUT2D eigenvalue weighted by molar-refractivity contribution is 5.78. The van der Waals surface area contributed by atoms with E-state index >= 15 is 0 Å².